The zero-order valence-corrected chi connectivity index (χ0v) is 13.9. The van der Waals surface area contributed by atoms with E-state index >= 15 is 0 Å². The van der Waals surface area contributed by atoms with E-state index < -0.39 is 0 Å². The molecule has 0 bridgehead atoms. The second-order valence-electron chi connectivity index (χ2n) is 5.49. The van der Waals surface area contributed by atoms with Gasteiger partial charge in [0.05, 0.1) is 0 Å². The standard InChI is InChI=1S/C16H23N3O2.ClH/c1-11-5-6-12(16(21)17-2)10-14(11)19-15(20)8-7-13-4-3-9-18-13;/h5-6,10,13,18H,3-4,7-9H2,1-2H3,(H,17,21)(H,19,20);1H. The molecule has 0 aromatic heterocycles. The highest BCUT2D eigenvalue weighted by Gasteiger charge is 2.16. The normalized spacial score (nSPS) is 16.7. The maximum absolute atomic E-state index is 12.0. The van der Waals surface area contributed by atoms with Crippen molar-refractivity contribution in [2.24, 2.45) is 0 Å². The van der Waals surface area contributed by atoms with Crippen LogP contribution in [0.3, 0.4) is 0 Å². The summed E-state index contributed by atoms with van der Waals surface area (Å²) < 4.78 is 0. The fourth-order valence-electron chi connectivity index (χ4n) is 2.56. The zero-order valence-electron chi connectivity index (χ0n) is 13.1. The predicted octanol–water partition coefficient (Wildman–Crippen LogP) is 2.25. The number of carbonyl (C=O) groups excluding carboxylic acids is 2. The summed E-state index contributed by atoms with van der Waals surface area (Å²) in [6.45, 7) is 2.97. The lowest BCUT2D eigenvalue weighted by Crippen LogP contribution is -2.24. The molecule has 2 amide bonds. The molecule has 1 unspecified atom stereocenters. The van der Waals surface area contributed by atoms with Gasteiger partial charge in [0.15, 0.2) is 0 Å². The Balaban J connectivity index is 0.00000242. The Morgan fingerprint density at radius 2 is 2.14 bits per heavy atom. The van der Waals surface area contributed by atoms with Crippen molar-refractivity contribution >= 4 is 29.9 Å². The third-order valence-electron chi connectivity index (χ3n) is 3.88. The lowest BCUT2D eigenvalue weighted by Gasteiger charge is -2.12. The minimum atomic E-state index is -0.152. The highest BCUT2D eigenvalue weighted by molar-refractivity contribution is 5.97. The number of amides is 2. The second kappa shape index (κ2) is 8.76. The van der Waals surface area contributed by atoms with E-state index in [9.17, 15) is 9.59 Å². The number of nitrogens with one attached hydrogen (secondary N) is 3. The fourth-order valence-corrected chi connectivity index (χ4v) is 2.56. The molecule has 2 rings (SSSR count). The molecule has 1 aromatic rings. The number of carbonyl (C=O) groups is 2. The van der Waals surface area contributed by atoms with Crippen molar-refractivity contribution in [3.8, 4) is 0 Å². The average molecular weight is 326 g/mol. The molecule has 1 aliphatic heterocycles. The van der Waals surface area contributed by atoms with Crippen molar-refractivity contribution in [2.45, 2.75) is 38.6 Å². The van der Waals surface area contributed by atoms with Crippen LogP contribution in [0.25, 0.3) is 0 Å². The summed E-state index contributed by atoms with van der Waals surface area (Å²) in [6.07, 6.45) is 3.71. The molecule has 1 heterocycles. The van der Waals surface area contributed by atoms with Crippen LogP contribution in [0.2, 0.25) is 0 Å². The Bertz CT molecular complexity index is 528. The number of benzene rings is 1. The second-order valence-corrected chi connectivity index (χ2v) is 5.49. The van der Waals surface area contributed by atoms with E-state index in [1.807, 2.05) is 13.0 Å². The Hall–Kier alpha value is -1.59. The van der Waals surface area contributed by atoms with E-state index in [-0.39, 0.29) is 24.2 Å². The minimum absolute atomic E-state index is 0. The van der Waals surface area contributed by atoms with E-state index in [0.29, 0.717) is 23.7 Å². The van der Waals surface area contributed by atoms with E-state index in [1.165, 1.54) is 6.42 Å². The zero-order chi connectivity index (χ0) is 15.2. The molecular formula is C16H24ClN3O2. The predicted molar refractivity (Wildman–Crippen MR) is 90.7 cm³/mol. The molecule has 0 radical (unpaired) electrons. The fraction of sp³-hybridized carbons (Fsp3) is 0.500. The number of halogens is 1. The molecule has 1 atom stereocenters. The largest absolute Gasteiger partial charge is 0.355 e. The summed E-state index contributed by atoms with van der Waals surface area (Å²) in [5.74, 6) is -0.151. The smallest absolute Gasteiger partial charge is 0.251 e. The quantitative estimate of drug-likeness (QED) is 0.777. The first-order valence-corrected chi connectivity index (χ1v) is 7.46. The van der Waals surface area contributed by atoms with E-state index in [0.717, 1.165) is 24.9 Å². The van der Waals surface area contributed by atoms with Crippen LogP contribution in [0.5, 0.6) is 0 Å². The number of hydrogen-bond acceptors (Lipinski definition) is 3. The molecule has 0 spiro atoms. The summed E-state index contributed by atoms with van der Waals surface area (Å²) in [5.41, 5.74) is 2.21. The van der Waals surface area contributed by atoms with Gasteiger partial charge in [0, 0.05) is 30.8 Å². The van der Waals surface area contributed by atoms with Gasteiger partial charge in [-0.3, -0.25) is 9.59 Å². The highest BCUT2D eigenvalue weighted by Crippen LogP contribution is 2.18. The van der Waals surface area contributed by atoms with Crippen LogP contribution in [0.4, 0.5) is 5.69 Å². The maximum atomic E-state index is 12.0. The molecule has 122 valence electrons. The summed E-state index contributed by atoms with van der Waals surface area (Å²) in [6, 6.07) is 5.79. The van der Waals surface area contributed by atoms with Gasteiger partial charge in [-0.25, -0.2) is 0 Å². The summed E-state index contributed by atoms with van der Waals surface area (Å²) in [4.78, 5) is 23.7. The SMILES string of the molecule is CNC(=O)c1ccc(C)c(NC(=O)CCC2CCCN2)c1.Cl. The van der Waals surface area contributed by atoms with Crippen molar-refractivity contribution in [1.82, 2.24) is 10.6 Å². The van der Waals surface area contributed by atoms with Crippen LogP contribution in [-0.2, 0) is 4.79 Å². The van der Waals surface area contributed by atoms with Gasteiger partial charge in [-0.05, 0) is 50.4 Å². The molecule has 1 aromatic carbocycles. The molecule has 1 saturated heterocycles. The van der Waals surface area contributed by atoms with Gasteiger partial charge in [0.2, 0.25) is 5.91 Å². The van der Waals surface area contributed by atoms with Crippen LogP contribution in [-0.4, -0.2) is 31.4 Å². The molecule has 1 aliphatic rings. The highest BCUT2D eigenvalue weighted by atomic mass is 35.5. The van der Waals surface area contributed by atoms with Gasteiger partial charge in [0.25, 0.3) is 5.91 Å². The van der Waals surface area contributed by atoms with Crippen molar-refractivity contribution in [1.29, 1.82) is 0 Å². The van der Waals surface area contributed by atoms with Gasteiger partial charge < -0.3 is 16.0 Å². The van der Waals surface area contributed by atoms with E-state index in [2.05, 4.69) is 16.0 Å². The summed E-state index contributed by atoms with van der Waals surface area (Å²) >= 11 is 0. The minimum Gasteiger partial charge on any atom is -0.355 e. The Morgan fingerprint density at radius 3 is 2.77 bits per heavy atom. The van der Waals surface area contributed by atoms with Crippen LogP contribution in [0.15, 0.2) is 18.2 Å². The molecule has 5 nitrogen and oxygen atoms in total. The molecule has 3 N–H and O–H groups in total. The molecule has 6 heteroatoms. The molecule has 0 saturated carbocycles. The first kappa shape index (κ1) is 18.5. The van der Waals surface area contributed by atoms with Crippen molar-refractivity contribution < 1.29 is 9.59 Å². The first-order chi connectivity index (χ1) is 10.1. The Morgan fingerprint density at radius 1 is 1.36 bits per heavy atom. The van der Waals surface area contributed by atoms with E-state index in [4.69, 9.17) is 0 Å². The lowest BCUT2D eigenvalue weighted by atomic mass is 10.1. The van der Waals surface area contributed by atoms with Crippen LogP contribution in [0.1, 0.15) is 41.6 Å². The monoisotopic (exact) mass is 325 g/mol. The van der Waals surface area contributed by atoms with Crippen LogP contribution in [0, 0.1) is 6.92 Å². The first-order valence-electron chi connectivity index (χ1n) is 7.46. The van der Waals surface area contributed by atoms with Gasteiger partial charge in [-0.1, -0.05) is 6.07 Å². The number of hydrogen-bond donors (Lipinski definition) is 3. The van der Waals surface area contributed by atoms with Gasteiger partial charge in [0.1, 0.15) is 0 Å². The van der Waals surface area contributed by atoms with Gasteiger partial charge in [-0.2, -0.15) is 0 Å². The van der Waals surface area contributed by atoms with E-state index in [1.54, 1.807) is 19.2 Å². The van der Waals surface area contributed by atoms with Gasteiger partial charge >= 0.3 is 0 Å². The van der Waals surface area contributed by atoms with Crippen molar-refractivity contribution in [3.63, 3.8) is 0 Å². The van der Waals surface area contributed by atoms with Crippen LogP contribution >= 0.6 is 12.4 Å². The molecule has 0 aliphatic carbocycles. The third kappa shape index (κ3) is 5.00. The van der Waals surface area contributed by atoms with Crippen molar-refractivity contribution in [2.75, 3.05) is 18.9 Å². The summed E-state index contributed by atoms with van der Waals surface area (Å²) in [5, 5.41) is 8.88. The third-order valence-corrected chi connectivity index (χ3v) is 3.88. The summed E-state index contributed by atoms with van der Waals surface area (Å²) in [7, 11) is 1.59. The molecule has 1 fully saturated rings. The molecule has 22 heavy (non-hydrogen) atoms. The average Bonchev–Trinajstić information content (AvgIpc) is 3.00. The maximum Gasteiger partial charge on any atom is 0.251 e. The van der Waals surface area contributed by atoms with Crippen LogP contribution < -0.4 is 16.0 Å². The van der Waals surface area contributed by atoms with Crippen molar-refractivity contribution in [3.05, 3.63) is 29.3 Å². The Kier molecular flexibility index (Phi) is 7.35. The Labute approximate surface area is 137 Å². The number of aryl methyl sites for hydroxylation is 1. The number of rotatable bonds is 5. The molecular weight excluding hydrogens is 302 g/mol. The topological polar surface area (TPSA) is 70.2 Å². The lowest BCUT2D eigenvalue weighted by molar-refractivity contribution is -0.116. The van der Waals surface area contributed by atoms with Gasteiger partial charge in [-0.15, -0.1) is 12.4 Å². The number of anilines is 1.